The molecular formula is C22H26N2O4. The normalized spacial score (nSPS) is 12.1. The van der Waals surface area contributed by atoms with Crippen LogP contribution in [-0.2, 0) is 16.0 Å². The van der Waals surface area contributed by atoms with Gasteiger partial charge >= 0.3 is 0 Å². The summed E-state index contributed by atoms with van der Waals surface area (Å²) in [5.41, 5.74) is 1.03. The first kappa shape index (κ1) is 21.2. The van der Waals surface area contributed by atoms with Gasteiger partial charge in [-0.2, -0.15) is 0 Å². The third-order valence-corrected chi connectivity index (χ3v) is 4.18. The van der Waals surface area contributed by atoms with Crippen LogP contribution in [0.5, 0.6) is 5.75 Å². The Morgan fingerprint density at radius 1 is 1.00 bits per heavy atom. The number of nitrogens with one attached hydrogen (secondary N) is 2. The second-order valence-corrected chi connectivity index (χ2v) is 7.74. The number of aromatic hydroxyl groups is 1. The van der Waals surface area contributed by atoms with Gasteiger partial charge in [0.25, 0.3) is 0 Å². The maximum atomic E-state index is 12.9. The molecule has 0 aliphatic rings. The van der Waals surface area contributed by atoms with Crippen LogP contribution in [0.2, 0.25) is 0 Å². The van der Waals surface area contributed by atoms with Crippen molar-refractivity contribution in [3.63, 3.8) is 0 Å². The Labute approximate surface area is 165 Å². The van der Waals surface area contributed by atoms with E-state index in [4.69, 9.17) is 0 Å². The van der Waals surface area contributed by atoms with Gasteiger partial charge in [-0.3, -0.25) is 14.4 Å². The van der Waals surface area contributed by atoms with Gasteiger partial charge < -0.3 is 15.7 Å². The molecule has 2 amide bonds. The fraction of sp³-hybridized carbons (Fsp3) is 0.318. The van der Waals surface area contributed by atoms with E-state index in [1.54, 1.807) is 36.4 Å². The molecule has 0 heterocycles. The molecule has 2 aromatic carbocycles. The first-order valence-corrected chi connectivity index (χ1v) is 9.07. The zero-order valence-corrected chi connectivity index (χ0v) is 16.6. The maximum absolute atomic E-state index is 12.9. The van der Waals surface area contributed by atoms with Crippen LogP contribution in [0.15, 0.2) is 48.5 Å². The van der Waals surface area contributed by atoms with Gasteiger partial charge in [0.1, 0.15) is 11.8 Å². The maximum Gasteiger partial charge on any atom is 0.247 e. The van der Waals surface area contributed by atoms with E-state index < -0.39 is 17.4 Å². The van der Waals surface area contributed by atoms with Gasteiger partial charge in [-0.15, -0.1) is 0 Å². The highest BCUT2D eigenvalue weighted by molar-refractivity contribution is 6.08. The van der Waals surface area contributed by atoms with Crippen LogP contribution >= 0.6 is 0 Å². The van der Waals surface area contributed by atoms with Gasteiger partial charge in [0, 0.05) is 24.3 Å². The van der Waals surface area contributed by atoms with Crippen molar-refractivity contribution in [2.45, 2.75) is 40.2 Å². The van der Waals surface area contributed by atoms with Crippen molar-refractivity contribution in [2.24, 2.45) is 5.41 Å². The number of benzene rings is 2. The summed E-state index contributed by atoms with van der Waals surface area (Å²) in [7, 11) is 0. The number of anilines is 1. The Hall–Kier alpha value is -3.15. The fourth-order valence-electron chi connectivity index (χ4n) is 2.74. The SMILES string of the molecule is CC(=O)N[C@@H](Cc1ccc(O)cc1)C(=O)Nc1ccccc1C(=O)C(C)(C)C. The van der Waals surface area contributed by atoms with Crippen LogP contribution in [0.4, 0.5) is 5.69 Å². The molecule has 6 heteroatoms. The van der Waals surface area contributed by atoms with Crippen molar-refractivity contribution < 1.29 is 19.5 Å². The Balaban J connectivity index is 2.25. The minimum atomic E-state index is -0.820. The lowest BCUT2D eigenvalue weighted by atomic mass is 9.86. The molecular weight excluding hydrogens is 356 g/mol. The topological polar surface area (TPSA) is 95.5 Å². The van der Waals surface area contributed by atoms with Gasteiger partial charge in [0.2, 0.25) is 11.8 Å². The van der Waals surface area contributed by atoms with Crippen molar-refractivity contribution in [2.75, 3.05) is 5.32 Å². The lowest BCUT2D eigenvalue weighted by Gasteiger charge is -2.21. The number of Topliss-reactive ketones (excluding diaryl/α,β-unsaturated/α-hetero) is 1. The predicted octanol–water partition coefficient (Wildman–Crippen LogP) is 3.31. The molecule has 0 aliphatic heterocycles. The second-order valence-electron chi connectivity index (χ2n) is 7.74. The van der Waals surface area contributed by atoms with E-state index in [0.29, 0.717) is 11.3 Å². The lowest BCUT2D eigenvalue weighted by Crippen LogP contribution is -2.44. The third-order valence-electron chi connectivity index (χ3n) is 4.18. The second kappa shape index (κ2) is 8.69. The van der Waals surface area contributed by atoms with E-state index in [1.807, 2.05) is 20.8 Å². The Kier molecular flexibility index (Phi) is 6.57. The number of carbonyl (C=O) groups excluding carboxylic acids is 3. The van der Waals surface area contributed by atoms with Crippen LogP contribution in [0.1, 0.15) is 43.6 Å². The van der Waals surface area contributed by atoms with Crippen LogP contribution in [0.3, 0.4) is 0 Å². The molecule has 0 unspecified atom stereocenters. The molecule has 0 radical (unpaired) electrons. The number of hydrogen-bond donors (Lipinski definition) is 3. The molecule has 0 saturated heterocycles. The van der Waals surface area contributed by atoms with Crippen LogP contribution in [0, 0.1) is 5.41 Å². The quantitative estimate of drug-likeness (QED) is 0.668. The monoisotopic (exact) mass is 382 g/mol. The highest BCUT2D eigenvalue weighted by Gasteiger charge is 2.27. The highest BCUT2D eigenvalue weighted by atomic mass is 16.3. The molecule has 3 N–H and O–H groups in total. The summed E-state index contributed by atoms with van der Waals surface area (Å²) < 4.78 is 0. The summed E-state index contributed by atoms with van der Waals surface area (Å²) in [4.78, 5) is 37.1. The molecule has 0 saturated carbocycles. The number of para-hydroxylation sites is 1. The van der Waals surface area contributed by atoms with Gasteiger partial charge in [-0.05, 0) is 29.8 Å². The van der Waals surface area contributed by atoms with Gasteiger partial charge in [-0.1, -0.05) is 45.0 Å². The molecule has 0 aliphatic carbocycles. The first-order chi connectivity index (χ1) is 13.1. The lowest BCUT2D eigenvalue weighted by molar-refractivity contribution is -0.125. The van der Waals surface area contributed by atoms with E-state index in [1.165, 1.54) is 19.1 Å². The number of phenolic OH excluding ortho intramolecular Hbond substituents is 1. The number of carbonyl (C=O) groups is 3. The zero-order chi connectivity index (χ0) is 20.9. The van der Waals surface area contributed by atoms with E-state index >= 15 is 0 Å². The molecule has 0 bridgehead atoms. The Morgan fingerprint density at radius 3 is 2.18 bits per heavy atom. The van der Waals surface area contributed by atoms with E-state index in [-0.39, 0.29) is 23.9 Å². The van der Waals surface area contributed by atoms with Crippen LogP contribution in [-0.4, -0.2) is 28.7 Å². The standard InChI is InChI=1S/C22H26N2O4/c1-14(25)23-19(13-15-9-11-16(26)12-10-15)21(28)24-18-8-6-5-7-17(18)20(27)22(2,3)4/h5-12,19,26H,13H2,1-4H3,(H,23,25)(H,24,28)/t19-/m0/s1. The van der Waals surface area contributed by atoms with Gasteiger partial charge in [0.05, 0.1) is 5.69 Å². The molecule has 2 rings (SSSR count). The predicted molar refractivity (Wildman–Crippen MR) is 108 cm³/mol. The smallest absolute Gasteiger partial charge is 0.247 e. The van der Waals surface area contributed by atoms with E-state index in [2.05, 4.69) is 10.6 Å². The largest absolute Gasteiger partial charge is 0.508 e. The van der Waals surface area contributed by atoms with Crippen molar-refractivity contribution in [1.29, 1.82) is 0 Å². The Bertz CT molecular complexity index is 867. The Morgan fingerprint density at radius 2 is 1.61 bits per heavy atom. The van der Waals surface area contributed by atoms with Crippen molar-refractivity contribution >= 4 is 23.3 Å². The third kappa shape index (κ3) is 5.67. The first-order valence-electron chi connectivity index (χ1n) is 9.07. The van der Waals surface area contributed by atoms with E-state index in [0.717, 1.165) is 5.56 Å². The van der Waals surface area contributed by atoms with Gasteiger partial charge in [-0.25, -0.2) is 0 Å². The van der Waals surface area contributed by atoms with Gasteiger partial charge in [0.15, 0.2) is 5.78 Å². The fourth-order valence-corrected chi connectivity index (χ4v) is 2.74. The summed E-state index contributed by atoms with van der Waals surface area (Å²) >= 11 is 0. The molecule has 28 heavy (non-hydrogen) atoms. The number of amides is 2. The number of hydrogen-bond acceptors (Lipinski definition) is 4. The molecule has 0 aromatic heterocycles. The summed E-state index contributed by atoms with van der Waals surface area (Å²) in [6.45, 7) is 6.80. The average molecular weight is 382 g/mol. The van der Waals surface area contributed by atoms with E-state index in [9.17, 15) is 19.5 Å². The molecule has 148 valence electrons. The molecule has 0 fully saturated rings. The van der Waals surface area contributed by atoms with Crippen molar-refractivity contribution in [3.05, 3.63) is 59.7 Å². The summed E-state index contributed by atoms with van der Waals surface area (Å²) in [6, 6.07) is 12.4. The zero-order valence-electron chi connectivity index (χ0n) is 16.6. The summed E-state index contributed by atoms with van der Waals surface area (Å²) in [5, 5.41) is 14.8. The molecule has 6 nitrogen and oxygen atoms in total. The summed E-state index contributed by atoms with van der Waals surface area (Å²) in [5.74, 6) is -0.715. The van der Waals surface area contributed by atoms with Crippen LogP contribution in [0.25, 0.3) is 0 Å². The highest BCUT2D eigenvalue weighted by Crippen LogP contribution is 2.26. The number of rotatable bonds is 6. The number of phenols is 1. The number of ketones is 1. The van der Waals surface area contributed by atoms with Crippen molar-refractivity contribution in [3.8, 4) is 5.75 Å². The van der Waals surface area contributed by atoms with Crippen molar-refractivity contribution in [1.82, 2.24) is 5.32 Å². The van der Waals surface area contributed by atoms with Crippen LogP contribution < -0.4 is 10.6 Å². The average Bonchev–Trinajstić information content (AvgIpc) is 2.61. The minimum absolute atomic E-state index is 0.0852. The molecule has 0 spiro atoms. The molecule has 1 atom stereocenters. The molecule has 2 aromatic rings. The summed E-state index contributed by atoms with van der Waals surface area (Å²) in [6.07, 6.45) is 0.251. The minimum Gasteiger partial charge on any atom is -0.508 e.